The summed E-state index contributed by atoms with van der Waals surface area (Å²) in [6.45, 7) is 2.17. The average molecular weight is 273 g/mol. The summed E-state index contributed by atoms with van der Waals surface area (Å²) in [5, 5.41) is 0. The van der Waals surface area contributed by atoms with Crippen molar-refractivity contribution in [2.75, 3.05) is 0 Å². The summed E-state index contributed by atoms with van der Waals surface area (Å²) in [5.74, 6) is 1.01. The lowest BCUT2D eigenvalue weighted by atomic mass is 10.1. The number of H-pyrrole nitrogens is 1. The molecule has 0 aromatic carbocycles. The summed E-state index contributed by atoms with van der Waals surface area (Å²) >= 11 is 5.40. The van der Waals surface area contributed by atoms with Crippen molar-refractivity contribution < 1.29 is 4.42 Å². The largest absolute Gasteiger partial charge is 0.469 e. The Morgan fingerprint density at radius 1 is 1.47 bits per heavy atom. The zero-order chi connectivity index (χ0) is 13.2. The predicted octanol–water partition coefficient (Wildman–Crippen LogP) is 3.88. The molecule has 1 unspecified atom stereocenters. The molecular weight excluding hydrogens is 258 g/mol. The SMILES string of the molecule is CC(CCc1ccco1)n1c(=S)[nH]c2cnccc21. The predicted molar refractivity (Wildman–Crippen MR) is 76.7 cm³/mol. The van der Waals surface area contributed by atoms with Crippen LogP contribution in [0.5, 0.6) is 0 Å². The van der Waals surface area contributed by atoms with E-state index in [9.17, 15) is 0 Å². The highest BCUT2D eigenvalue weighted by Gasteiger charge is 2.11. The highest BCUT2D eigenvalue weighted by atomic mass is 32.1. The van der Waals surface area contributed by atoms with Crippen LogP contribution < -0.4 is 0 Å². The molecule has 3 heterocycles. The van der Waals surface area contributed by atoms with Gasteiger partial charge in [-0.25, -0.2) is 0 Å². The number of hydrogen-bond acceptors (Lipinski definition) is 3. The Morgan fingerprint density at radius 2 is 2.37 bits per heavy atom. The standard InChI is InChI=1S/C14H15N3OS/c1-10(4-5-11-3-2-8-18-11)17-13-6-7-15-9-12(13)16-14(17)19/h2-3,6-10H,4-5H2,1H3,(H,16,19). The van der Waals surface area contributed by atoms with E-state index in [1.165, 1.54) is 0 Å². The Morgan fingerprint density at radius 3 is 3.16 bits per heavy atom. The van der Waals surface area contributed by atoms with Gasteiger partial charge in [0.25, 0.3) is 0 Å². The number of pyridine rings is 1. The summed E-state index contributed by atoms with van der Waals surface area (Å²) in [6.07, 6.45) is 7.20. The molecule has 0 amide bonds. The van der Waals surface area contributed by atoms with Crippen molar-refractivity contribution in [3.05, 3.63) is 47.4 Å². The Hall–Kier alpha value is -1.88. The molecule has 3 aromatic heterocycles. The Balaban J connectivity index is 1.87. The van der Waals surface area contributed by atoms with Gasteiger partial charge in [0.15, 0.2) is 4.77 Å². The topological polar surface area (TPSA) is 46.8 Å². The summed E-state index contributed by atoms with van der Waals surface area (Å²) < 4.78 is 8.26. The molecule has 0 bridgehead atoms. The molecule has 19 heavy (non-hydrogen) atoms. The minimum Gasteiger partial charge on any atom is -0.469 e. The molecule has 0 fully saturated rings. The van der Waals surface area contributed by atoms with Crippen LogP contribution in [0, 0.1) is 4.77 Å². The number of imidazole rings is 1. The number of fused-ring (bicyclic) bond motifs is 1. The second-order valence-electron chi connectivity index (χ2n) is 4.66. The van der Waals surface area contributed by atoms with Crippen molar-refractivity contribution in [3.8, 4) is 0 Å². The van der Waals surface area contributed by atoms with Crippen LogP contribution in [0.2, 0.25) is 0 Å². The first-order valence-corrected chi connectivity index (χ1v) is 6.73. The number of nitrogens with one attached hydrogen (secondary N) is 1. The molecule has 3 aromatic rings. The van der Waals surface area contributed by atoms with Crippen molar-refractivity contribution in [3.63, 3.8) is 0 Å². The lowest BCUT2D eigenvalue weighted by Gasteiger charge is -2.13. The van der Waals surface area contributed by atoms with Gasteiger partial charge in [0.1, 0.15) is 5.76 Å². The molecule has 0 aliphatic rings. The normalized spacial score (nSPS) is 12.9. The van der Waals surface area contributed by atoms with Crippen LogP contribution in [0.1, 0.15) is 25.1 Å². The van der Waals surface area contributed by atoms with Crippen molar-refractivity contribution in [1.82, 2.24) is 14.5 Å². The van der Waals surface area contributed by atoms with E-state index in [0.717, 1.165) is 34.4 Å². The van der Waals surface area contributed by atoms with Crippen LogP contribution in [0.4, 0.5) is 0 Å². The van der Waals surface area contributed by atoms with Crippen LogP contribution in [0.25, 0.3) is 11.0 Å². The van der Waals surface area contributed by atoms with E-state index in [1.54, 1.807) is 18.7 Å². The molecule has 0 saturated heterocycles. The molecule has 3 rings (SSSR count). The average Bonchev–Trinajstić information content (AvgIpc) is 3.02. The minimum absolute atomic E-state index is 0.314. The molecule has 0 aliphatic carbocycles. The first-order chi connectivity index (χ1) is 9.25. The van der Waals surface area contributed by atoms with E-state index in [0.29, 0.717) is 6.04 Å². The quantitative estimate of drug-likeness (QED) is 0.734. The van der Waals surface area contributed by atoms with Crippen molar-refractivity contribution in [2.45, 2.75) is 25.8 Å². The van der Waals surface area contributed by atoms with E-state index in [1.807, 2.05) is 18.2 Å². The van der Waals surface area contributed by atoms with Crippen molar-refractivity contribution in [2.24, 2.45) is 0 Å². The minimum atomic E-state index is 0.314. The molecule has 5 heteroatoms. The molecule has 0 aliphatic heterocycles. The third-order valence-corrected chi connectivity index (χ3v) is 3.65. The summed E-state index contributed by atoms with van der Waals surface area (Å²) in [4.78, 5) is 7.30. The van der Waals surface area contributed by atoms with Crippen LogP contribution in [0.15, 0.2) is 41.3 Å². The third kappa shape index (κ3) is 2.33. The zero-order valence-corrected chi connectivity index (χ0v) is 11.5. The van der Waals surface area contributed by atoms with Gasteiger partial charge in [-0.15, -0.1) is 0 Å². The van der Waals surface area contributed by atoms with E-state index in [4.69, 9.17) is 16.6 Å². The molecule has 0 radical (unpaired) electrons. The van der Waals surface area contributed by atoms with Crippen molar-refractivity contribution >= 4 is 23.3 Å². The van der Waals surface area contributed by atoms with Crippen LogP contribution >= 0.6 is 12.2 Å². The third-order valence-electron chi connectivity index (χ3n) is 3.35. The first-order valence-electron chi connectivity index (χ1n) is 6.32. The molecule has 4 nitrogen and oxygen atoms in total. The van der Waals surface area contributed by atoms with Gasteiger partial charge < -0.3 is 14.0 Å². The second kappa shape index (κ2) is 5.01. The fourth-order valence-corrected chi connectivity index (χ4v) is 2.74. The fraction of sp³-hybridized carbons (Fsp3) is 0.286. The smallest absolute Gasteiger partial charge is 0.178 e. The Labute approximate surface area is 116 Å². The zero-order valence-electron chi connectivity index (χ0n) is 10.7. The number of rotatable bonds is 4. The molecule has 1 N–H and O–H groups in total. The number of nitrogens with zero attached hydrogens (tertiary/aromatic N) is 2. The van der Waals surface area contributed by atoms with E-state index in [2.05, 4.69) is 21.5 Å². The number of aryl methyl sites for hydroxylation is 1. The molecule has 0 saturated carbocycles. The van der Waals surface area contributed by atoms with Gasteiger partial charge in [-0.3, -0.25) is 4.98 Å². The van der Waals surface area contributed by atoms with Gasteiger partial charge in [-0.05, 0) is 43.8 Å². The Bertz CT molecular complexity index is 727. The maximum absolute atomic E-state index is 5.40. The number of furan rings is 1. The van der Waals surface area contributed by atoms with Gasteiger partial charge >= 0.3 is 0 Å². The van der Waals surface area contributed by atoms with E-state index >= 15 is 0 Å². The number of aromatic amines is 1. The van der Waals surface area contributed by atoms with Gasteiger partial charge in [0.2, 0.25) is 0 Å². The summed E-state index contributed by atoms with van der Waals surface area (Å²) in [7, 11) is 0. The van der Waals surface area contributed by atoms with Gasteiger partial charge in [0, 0.05) is 18.7 Å². The van der Waals surface area contributed by atoms with Crippen molar-refractivity contribution in [1.29, 1.82) is 0 Å². The molecule has 0 spiro atoms. The monoisotopic (exact) mass is 273 g/mol. The summed E-state index contributed by atoms with van der Waals surface area (Å²) in [6, 6.07) is 6.23. The highest BCUT2D eigenvalue weighted by molar-refractivity contribution is 7.71. The lowest BCUT2D eigenvalue weighted by molar-refractivity contribution is 0.455. The van der Waals surface area contributed by atoms with Gasteiger partial charge in [0.05, 0.1) is 23.5 Å². The van der Waals surface area contributed by atoms with Crippen LogP contribution in [-0.2, 0) is 6.42 Å². The Kier molecular flexibility index (Phi) is 3.21. The molecule has 1 atom stereocenters. The van der Waals surface area contributed by atoms with Crippen LogP contribution in [0.3, 0.4) is 0 Å². The van der Waals surface area contributed by atoms with E-state index in [-0.39, 0.29) is 0 Å². The number of aromatic nitrogens is 3. The second-order valence-corrected chi connectivity index (χ2v) is 5.05. The fourth-order valence-electron chi connectivity index (χ4n) is 2.35. The lowest BCUT2D eigenvalue weighted by Crippen LogP contribution is -2.06. The highest BCUT2D eigenvalue weighted by Crippen LogP contribution is 2.21. The maximum atomic E-state index is 5.40. The molecule has 98 valence electrons. The first kappa shape index (κ1) is 12.2. The maximum Gasteiger partial charge on any atom is 0.178 e. The summed E-state index contributed by atoms with van der Waals surface area (Å²) in [5.41, 5.74) is 2.09. The van der Waals surface area contributed by atoms with Crippen LogP contribution in [-0.4, -0.2) is 14.5 Å². The number of hydrogen-bond donors (Lipinski definition) is 1. The van der Waals surface area contributed by atoms with Gasteiger partial charge in [-0.1, -0.05) is 0 Å². The van der Waals surface area contributed by atoms with Gasteiger partial charge in [-0.2, -0.15) is 0 Å². The van der Waals surface area contributed by atoms with E-state index < -0.39 is 0 Å². The molecular formula is C14H15N3OS.